The van der Waals surface area contributed by atoms with Crippen LogP contribution in [0.25, 0.3) is 0 Å². The van der Waals surface area contributed by atoms with Crippen LogP contribution >= 0.6 is 11.3 Å². The Morgan fingerprint density at radius 2 is 1.84 bits per heavy atom. The molecule has 5 unspecified atom stereocenters. The molecular formula is C23H27NO6S. The normalized spacial score (nSPS) is 26.7. The molecule has 1 aliphatic heterocycles. The van der Waals surface area contributed by atoms with Crippen molar-refractivity contribution in [3.05, 3.63) is 49.7 Å². The van der Waals surface area contributed by atoms with E-state index in [4.69, 9.17) is 4.74 Å². The minimum absolute atomic E-state index is 0.0168. The van der Waals surface area contributed by atoms with Crippen molar-refractivity contribution in [2.24, 2.45) is 0 Å². The van der Waals surface area contributed by atoms with Crippen LogP contribution in [0.5, 0.6) is 5.75 Å². The van der Waals surface area contributed by atoms with E-state index in [0.29, 0.717) is 21.7 Å². The summed E-state index contributed by atoms with van der Waals surface area (Å²) in [4.78, 5) is 29.6. The molecule has 1 saturated heterocycles. The minimum atomic E-state index is -0.870. The van der Waals surface area contributed by atoms with Gasteiger partial charge in [0.2, 0.25) is 0 Å². The first kappa shape index (κ1) is 22.1. The van der Waals surface area contributed by atoms with E-state index in [-0.39, 0.29) is 39.8 Å². The first-order valence-electron chi connectivity index (χ1n) is 10.3. The zero-order chi connectivity index (χ0) is 22.8. The third kappa shape index (κ3) is 3.34. The van der Waals surface area contributed by atoms with Gasteiger partial charge in [0.15, 0.2) is 11.6 Å². The van der Waals surface area contributed by atoms with Crippen molar-refractivity contribution in [3.63, 3.8) is 0 Å². The lowest BCUT2D eigenvalue weighted by Gasteiger charge is -2.41. The molecule has 5 atom stereocenters. The topological polar surface area (TPSA) is 107 Å². The molecule has 1 aromatic carbocycles. The molecule has 0 saturated carbocycles. The van der Waals surface area contributed by atoms with E-state index >= 15 is 0 Å². The number of hydrogen-bond donors (Lipinski definition) is 3. The van der Waals surface area contributed by atoms with E-state index in [9.17, 15) is 24.9 Å². The van der Waals surface area contributed by atoms with Crippen LogP contribution in [0.4, 0.5) is 0 Å². The molecule has 2 aromatic rings. The SMILES string of the molecule is Cc1sc(C(C)O)c2c1C(=O)c1c(ccc(C3CC(N(C)C)C(O)C(C)O3)c1O)C2=O. The number of rotatable bonds is 3. The van der Waals surface area contributed by atoms with Gasteiger partial charge in [0.05, 0.1) is 35.5 Å². The molecule has 0 amide bonds. The number of phenols is 1. The number of benzene rings is 1. The Balaban J connectivity index is 1.81. The Kier molecular flexibility index (Phi) is 5.56. The zero-order valence-electron chi connectivity index (χ0n) is 18.2. The first-order chi connectivity index (χ1) is 14.5. The second-order valence-corrected chi connectivity index (χ2v) is 9.88. The smallest absolute Gasteiger partial charge is 0.199 e. The molecule has 2 aliphatic rings. The van der Waals surface area contributed by atoms with Crippen molar-refractivity contribution in [2.45, 2.75) is 57.6 Å². The number of aryl methyl sites for hydroxylation is 1. The number of nitrogens with zero attached hydrogens (tertiary/aromatic N) is 1. The van der Waals surface area contributed by atoms with E-state index < -0.39 is 30.2 Å². The van der Waals surface area contributed by atoms with Gasteiger partial charge in [-0.3, -0.25) is 9.59 Å². The molecule has 1 aliphatic carbocycles. The largest absolute Gasteiger partial charge is 0.507 e. The highest BCUT2D eigenvalue weighted by Crippen LogP contribution is 2.45. The molecule has 8 heteroatoms. The summed E-state index contributed by atoms with van der Waals surface area (Å²) in [6.07, 6.45) is -2.11. The fourth-order valence-corrected chi connectivity index (χ4v) is 5.78. The predicted octanol–water partition coefficient (Wildman–Crippen LogP) is 2.73. The lowest BCUT2D eigenvalue weighted by molar-refractivity contribution is -0.142. The van der Waals surface area contributed by atoms with Crippen molar-refractivity contribution < 1.29 is 29.6 Å². The van der Waals surface area contributed by atoms with Crippen LogP contribution in [-0.2, 0) is 4.74 Å². The maximum absolute atomic E-state index is 13.4. The standard InChI is InChI=1S/C23H27NO6S/c1-9(25)23-18-16(11(3)31-23)22(29)17-13(21(18)28)7-6-12(20(17)27)15-8-14(24(4)5)19(26)10(2)30-15/h6-7,9-10,14-15,19,25-27H,8H2,1-5H3. The highest BCUT2D eigenvalue weighted by molar-refractivity contribution is 7.13. The summed E-state index contributed by atoms with van der Waals surface area (Å²) in [5.41, 5.74) is 1.03. The molecule has 0 bridgehead atoms. The number of ether oxygens (including phenoxy) is 1. The van der Waals surface area contributed by atoms with Gasteiger partial charge in [-0.05, 0) is 47.4 Å². The van der Waals surface area contributed by atoms with Gasteiger partial charge >= 0.3 is 0 Å². The number of carbonyl (C=O) groups is 2. The Bertz CT molecular complexity index is 1070. The number of phenolic OH excluding ortho intramolecular Hbond substituents is 1. The fourth-order valence-electron chi connectivity index (χ4n) is 4.69. The molecular weight excluding hydrogens is 418 g/mol. The summed E-state index contributed by atoms with van der Waals surface area (Å²) in [5, 5.41) is 31.6. The lowest BCUT2D eigenvalue weighted by atomic mass is 9.81. The van der Waals surface area contributed by atoms with Gasteiger partial charge in [-0.2, -0.15) is 0 Å². The second-order valence-electron chi connectivity index (χ2n) is 8.62. The molecule has 0 radical (unpaired) electrons. The summed E-state index contributed by atoms with van der Waals surface area (Å²) in [6, 6.07) is 2.99. The average molecular weight is 446 g/mol. The van der Waals surface area contributed by atoms with E-state index in [1.54, 1.807) is 32.9 Å². The van der Waals surface area contributed by atoms with Crippen LogP contribution in [0.3, 0.4) is 0 Å². The minimum Gasteiger partial charge on any atom is -0.507 e. The number of thiophene rings is 1. The molecule has 1 aromatic heterocycles. The third-order valence-electron chi connectivity index (χ3n) is 6.35. The molecule has 4 rings (SSSR count). The van der Waals surface area contributed by atoms with Crippen molar-refractivity contribution in [1.82, 2.24) is 4.90 Å². The molecule has 31 heavy (non-hydrogen) atoms. The van der Waals surface area contributed by atoms with Crippen LogP contribution in [0.2, 0.25) is 0 Å². The van der Waals surface area contributed by atoms with Gasteiger partial charge in [-0.15, -0.1) is 11.3 Å². The van der Waals surface area contributed by atoms with Crippen LogP contribution in [-0.4, -0.2) is 64.1 Å². The van der Waals surface area contributed by atoms with E-state index in [1.165, 1.54) is 11.3 Å². The highest BCUT2D eigenvalue weighted by Gasteiger charge is 2.41. The average Bonchev–Trinajstić information content (AvgIpc) is 3.06. The van der Waals surface area contributed by atoms with Gasteiger partial charge in [0.25, 0.3) is 0 Å². The van der Waals surface area contributed by atoms with Crippen molar-refractivity contribution in [2.75, 3.05) is 14.1 Å². The number of aliphatic hydroxyl groups is 2. The quantitative estimate of drug-likeness (QED) is 0.569. The fraction of sp³-hybridized carbons (Fsp3) is 0.478. The lowest BCUT2D eigenvalue weighted by Crippen LogP contribution is -2.50. The maximum Gasteiger partial charge on any atom is 0.199 e. The first-order valence-corrected chi connectivity index (χ1v) is 11.1. The summed E-state index contributed by atoms with van der Waals surface area (Å²) < 4.78 is 5.96. The highest BCUT2D eigenvalue weighted by atomic mass is 32.1. The molecule has 166 valence electrons. The van der Waals surface area contributed by atoms with E-state index in [1.807, 2.05) is 19.0 Å². The number of hydrogen-bond acceptors (Lipinski definition) is 8. The predicted molar refractivity (Wildman–Crippen MR) is 116 cm³/mol. The maximum atomic E-state index is 13.4. The van der Waals surface area contributed by atoms with Crippen LogP contribution in [0.15, 0.2) is 12.1 Å². The van der Waals surface area contributed by atoms with Gasteiger partial charge in [0, 0.05) is 32.5 Å². The van der Waals surface area contributed by atoms with E-state index in [0.717, 1.165) is 0 Å². The zero-order valence-corrected chi connectivity index (χ0v) is 19.0. The van der Waals surface area contributed by atoms with Crippen molar-refractivity contribution >= 4 is 22.9 Å². The van der Waals surface area contributed by atoms with Crippen molar-refractivity contribution in [3.8, 4) is 5.75 Å². The summed E-state index contributed by atoms with van der Waals surface area (Å²) >= 11 is 1.23. The Labute approximate surface area is 184 Å². The van der Waals surface area contributed by atoms with Crippen molar-refractivity contribution in [1.29, 1.82) is 0 Å². The van der Waals surface area contributed by atoms with Gasteiger partial charge in [0.1, 0.15) is 5.75 Å². The monoisotopic (exact) mass is 445 g/mol. The number of aliphatic hydroxyl groups excluding tert-OH is 2. The van der Waals surface area contributed by atoms with Crippen LogP contribution in [0, 0.1) is 6.92 Å². The number of fused-ring (bicyclic) bond motifs is 2. The Hall–Kier alpha value is -2.10. The number of ketones is 2. The number of carbonyl (C=O) groups excluding carboxylic acids is 2. The molecule has 3 N–H and O–H groups in total. The Morgan fingerprint density at radius 1 is 1.16 bits per heavy atom. The molecule has 1 fully saturated rings. The summed E-state index contributed by atoms with van der Waals surface area (Å²) in [6.45, 7) is 5.08. The van der Waals surface area contributed by atoms with Crippen LogP contribution in [0.1, 0.15) is 79.6 Å². The molecule has 0 spiro atoms. The molecule has 7 nitrogen and oxygen atoms in total. The second kappa shape index (κ2) is 7.79. The van der Waals surface area contributed by atoms with E-state index in [2.05, 4.69) is 0 Å². The van der Waals surface area contributed by atoms with Gasteiger partial charge < -0.3 is 25.0 Å². The number of aromatic hydroxyl groups is 1. The summed E-state index contributed by atoms with van der Waals surface area (Å²) in [5.74, 6) is -1.04. The number of likely N-dealkylation sites (N-methyl/N-ethyl adjacent to an activating group) is 1. The summed E-state index contributed by atoms with van der Waals surface area (Å²) in [7, 11) is 3.75. The molecule has 2 heterocycles. The third-order valence-corrected chi connectivity index (χ3v) is 7.62. The Morgan fingerprint density at radius 3 is 2.45 bits per heavy atom. The van der Waals surface area contributed by atoms with Gasteiger partial charge in [-0.1, -0.05) is 6.07 Å². The van der Waals surface area contributed by atoms with Crippen LogP contribution < -0.4 is 0 Å². The van der Waals surface area contributed by atoms with Gasteiger partial charge in [-0.25, -0.2) is 0 Å².